The molecule has 1 N–H and O–H groups in total. The van der Waals surface area contributed by atoms with E-state index in [1.54, 1.807) is 11.3 Å². The van der Waals surface area contributed by atoms with Gasteiger partial charge in [-0.05, 0) is 30.2 Å². The van der Waals surface area contributed by atoms with Gasteiger partial charge in [0.05, 0.1) is 6.04 Å². The van der Waals surface area contributed by atoms with Crippen molar-refractivity contribution in [2.45, 2.75) is 64.2 Å². The largest absolute Gasteiger partial charge is 0.318 e. The monoisotopic (exact) mass is 292 g/mol. The van der Waals surface area contributed by atoms with Crippen LogP contribution in [0.2, 0.25) is 0 Å². The molecule has 1 amide bonds. The van der Waals surface area contributed by atoms with Gasteiger partial charge in [0.1, 0.15) is 6.17 Å². The van der Waals surface area contributed by atoms with Crippen LogP contribution in [0.25, 0.3) is 0 Å². The van der Waals surface area contributed by atoms with E-state index >= 15 is 0 Å². The number of hydrogen-bond donors (Lipinski definition) is 1. The van der Waals surface area contributed by atoms with Gasteiger partial charge in [0, 0.05) is 10.9 Å². The lowest BCUT2D eigenvalue weighted by molar-refractivity contribution is -0.133. The normalized spacial score (nSPS) is 29.3. The van der Waals surface area contributed by atoms with Crippen molar-refractivity contribution < 1.29 is 4.79 Å². The second kappa shape index (κ2) is 5.86. The number of rotatable bonds is 4. The molecule has 110 valence electrons. The van der Waals surface area contributed by atoms with Gasteiger partial charge in [0.25, 0.3) is 0 Å². The van der Waals surface area contributed by atoms with Crippen molar-refractivity contribution in [3.05, 3.63) is 22.4 Å². The molecule has 4 heteroatoms. The lowest BCUT2D eigenvalue weighted by Gasteiger charge is -2.29. The summed E-state index contributed by atoms with van der Waals surface area (Å²) >= 11 is 1.75. The fourth-order valence-electron chi connectivity index (χ4n) is 3.49. The van der Waals surface area contributed by atoms with Crippen LogP contribution in [-0.2, 0) is 4.79 Å². The fraction of sp³-hybridized carbons (Fsp3) is 0.688. The van der Waals surface area contributed by atoms with Crippen molar-refractivity contribution in [1.29, 1.82) is 0 Å². The molecule has 3 rings (SSSR count). The molecule has 2 fully saturated rings. The first-order valence-corrected chi connectivity index (χ1v) is 8.72. The Balaban J connectivity index is 1.87. The molecule has 0 radical (unpaired) electrons. The number of amides is 1. The van der Waals surface area contributed by atoms with Crippen LogP contribution in [0.3, 0.4) is 0 Å². The second-order valence-electron chi connectivity index (χ2n) is 6.13. The zero-order valence-electron chi connectivity index (χ0n) is 12.3. The molecule has 0 aromatic carbocycles. The maximum absolute atomic E-state index is 12.9. The van der Waals surface area contributed by atoms with Gasteiger partial charge in [0.2, 0.25) is 5.91 Å². The van der Waals surface area contributed by atoms with Gasteiger partial charge in [-0.3, -0.25) is 10.1 Å². The lowest BCUT2D eigenvalue weighted by atomic mass is 9.99. The number of carbonyl (C=O) groups excluding carboxylic acids is 1. The lowest BCUT2D eigenvalue weighted by Crippen LogP contribution is -2.39. The minimum atomic E-state index is -0.00676. The topological polar surface area (TPSA) is 32.3 Å². The highest BCUT2D eigenvalue weighted by Crippen LogP contribution is 2.37. The zero-order valence-corrected chi connectivity index (χ0v) is 13.2. The van der Waals surface area contributed by atoms with E-state index in [-0.39, 0.29) is 12.2 Å². The fourth-order valence-corrected chi connectivity index (χ4v) is 4.27. The molecule has 1 aliphatic heterocycles. The maximum Gasteiger partial charge on any atom is 0.241 e. The van der Waals surface area contributed by atoms with Crippen molar-refractivity contribution in [3.8, 4) is 0 Å². The van der Waals surface area contributed by atoms with Crippen LogP contribution in [0, 0.1) is 5.92 Å². The minimum absolute atomic E-state index is 0.00676. The van der Waals surface area contributed by atoms with Gasteiger partial charge >= 0.3 is 0 Å². The molecular formula is C16H24N2OS. The summed E-state index contributed by atoms with van der Waals surface area (Å²) in [4.78, 5) is 16.3. The number of nitrogens with zero attached hydrogens (tertiary/aromatic N) is 1. The Hall–Kier alpha value is -0.870. The summed E-state index contributed by atoms with van der Waals surface area (Å²) < 4.78 is 0. The number of nitrogens with one attached hydrogen (secondary N) is 1. The van der Waals surface area contributed by atoms with Crippen LogP contribution < -0.4 is 5.32 Å². The third-order valence-electron chi connectivity index (χ3n) is 4.88. The molecule has 1 aliphatic carbocycles. The van der Waals surface area contributed by atoms with Crippen LogP contribution in [0.1, 0.15) is 57.0 Å². The predicted octanol–water partition coefficient (Wildman–Crippen LogP) is 3.54. The Labute approximate surface area is 125 Å². The molecule has 3 atom stereocenters. The van der Waals surface area contributed by atoms with E-state index in [9.17, 15) is 4.79 Å². The summed E-state index contributed by atoms with van der Waals surface area (Å²) in [7, 11) is 0. The van der Waals surface area contributed by atoms with Crippen LogP contribution in [-0.4, -0.2) is 22.9 Å². The summed E-state index contributed by atoms with van der Waals surface area (Å²) in [5.41, 5.74) is 0. The van der Waals surface area contributed by atoms with Crippen LogP contribution >= 0.6 is 11.3 Å². The molecule has 3 nitrogen and oxygen atoms in total. The van der Waals surface area contributed by atoms with Crippen molar-refractivity contribution in [2.24, 2.45) is 5.92 Å². The number of carbonyl (C=O) groups is 1. The van der Waals surface area contributed by atoms with Crippen molar-refractivity contribution in [1.82, 2.24) is 10.2 Å². The first-order valence-electron chi connectivity index (χ1n) is 7.84. The average Bonchev–Trinajstić information content (AvgIpc) is 3.17. The Morgan fingerprint density at radius 2 is 2.20 bits per heavy atom. The van der Waals surface area contributed by atoms with E-state index in [0.29, 0.717) is 17.9 Å². The van der Waals surface area contributed by atoms with E-state index in [1.165, 1.54) is 30.6 Å². The average molecular weight is 292 g/mol. The van der Waals surface area contributed by atoms with Gasteiger partial charge in [-0.1, -0.05) is 39.2 Å². The maximum atomic E-state index is 12.9. The highest BCUT2D eigenvalue weighted by atomic mass is 32.1. The third-order valence-corrected chi connectivity index (χ3v) is 5.80. The van der Waals surface area contributed by atoms with E-state index in [1.807, 2.05) is 0 Å². The molecule has 0 spiro atoms. The van der Waals surface area contributed by atoms with E-state index in [0.717, 1.165) is 6.42 Å². The van der Waals surface area contributed by atoms with E-state index in [4.69, 9.17) is 0 Å². The summed E-state index contributed by atoms with van der Waals surface area (Å²) in [5, 5.41) is 5.71. The van der Waals surface area contributed by atoms with Crippen molar-refractivity contribution in [3.63, 3.8) is 0 Å². The summed E-state index contributed by atoms with van der Waals surface area (Å²) in [5.74, 6) is 0.723. The van der Waals surface area contributed by atoms with Gasteiger partial charge in [-0.25, -0.2) is 0 Å². The van der Waals surface area contributed by atoms with E-state index in [2.05, 4.69) is 41.6 Å². The Morgan fingerprint density at radius 1 is 1.45 bits per heavy atom. The minimum Gasteiger partial charge on any atom is -0.318 e. The molecular weight excluding hydrogens is 268 g/mol. The third kappa shape index (κ3) is 2.40. The molecule has 20 heavy (non-hydrogen) atoms. The van der Waals surface area contributed by atoms with Crippen molar-refractivity contribution in [2.75, 3.05) is 0 Å². The molecule has 1 aromatic heterocycles. The number of hydrogen-bond acceptors (Lipinski definition) is 3. The summed E-state index contributed by atoms with van der Waals surface area (Å²) in [6.07, 6.45) is 6.01. The van der Waals surface area contributed by atoms with Gasteiger partial charge in [-0.15, -0.1) is 11.3 Å². The molecule has 3 unspecified atom stereocenters. The first kappa shape index (κ1) is 14.1. The van der Waals surface area contributed by atoms with Gasteiger partial charge in [-0.2, -0.15) is 0 Å². The van der Waals surface area contributed by atoms with Gasteiger partial charge < -0.3 is 4.90 Å². The smallest absolute Gasteiger partial charge is 0.241 e. The summed E-state index contributed by atoms with van der Waals surface area (Å²) in [6, 6.07) is 4.66. The Kier molecular flexibility index (Phi) is 4.13. The van der Waals surface area contributed by atoms with Crippen LogP contribution in [0.5, 0.6) is 0 Å². The summed E-state index contributed by atoms with van der Waals surface area (Å²) in [6.45, 7) is 4.34. The molecule has 1 saturated heterocycles. The molecule has 1 aromatic rings. The Bertz CT molecular complexity index is 453. The predicted molar refractivity (Wildman–Crippen MR) is 82.5 cm³/mol. The molecule has 2 aliphatic rings. The Morgan fingerprint density at radius 3 is 2.80 bits per heavy atom. The van der Waals surface area contributed by atoms with E-state index < -0.39 is 0 Å². The molecule has 1 saturated carbocycles. The van der Waals surface area contributed by atoms with Crippen LogP contribution in [0.4, 0.5) is 0 Å². The van der Waals surface area contributed by atoms with Crippen molar-refractivity contribution >= 4 is 17.2 Å². The molecule has 2 heterocycles. The van der Waals surface area contributed by atoms with Crippen LogP contribution in [0.15, 0.2) is 17.5 Å². The highest BCUT2D eigenvalue weighted by Gasteiger charge is 2.45. The first-order chi connectivity index (χ1) is 9.72. The van der Waals surface area contributed by atoms with Gasteiger partial charge in [0.15, 0.2) is 0 Å². The standard InChI is InChI=1S/C16H24N2OS/c1-3-11(2)14-16(19)18(12-7-4-5-8-12)15(17-14)13-9-6-10-20-13/h6,9-12,14-15,17H,3-5,7-8H2,1-2H3. The zero-order chi connectivity index (χ0) is 14.1. The highest BCUT2D eigenvalue weighted by molar-refractivity contribution is 7.10. The quantitative estimate of drug-likeness (QED) is 0.920. The second-order valence-corrected chi connectivity index (χ2v) is 7.11. The number of thiophene rings is 1. The SMILES string of the molecule is CCC(C)C1NC(c2cccs2)N(C2CCCC2)C1=O. The molecule has 0 bridgehead atoms.